The minimum Gasteiger partial charge on any atom is -0.309 e. The van der Waals surface area contributed by atoms with Crippen molar-refractivity contribution < 1.29 is 0 Å². The third-order valence-corrected chi connectivity index (χ3v) is 2.69. The highest BCUT2D eigenvalue weighted by atomic mass is 35.5. The fourth-order valence-corrected chi connectivity index (χ4v) is 1.69. The van der Waals surface area contributed by atoms with E-state index >= 15 is 0 Å². The molecule has 0 aliphatic carbocycles. The normalized spacial score (nSPS) is 10.2. The van der Waals surface area contributed by atoms with Crippen LogP contribution in [-0.2, 0) is 6.42 Å². The molecule has 0 aromatic heterocycles. The monoisotopic (exact) mass is 241 g/mol. The SMILES string of the molecule is Cc1ccc(CCCCCN(C)C)cc1.Cl. The summed E-state index contributed by atoms with van der Waals surface area (Å²) in [7, 11) is 4.28. The summed E-state index contributed by atoms with van der Waals surface area (Å²) < 4.78 is 0. The number of hydrogen-bond donors (Lipinski definition) is 0. The van der Waals surface area contributed by atoms with E-state index < -0.39 is 0 Å². The summed E-state index contributed by atoms with van der Waals surface area (Å²) in [6.45, 7) is 3.36. The molecule has 0 radical (unpaired) electrons. The highest BCUT2D eigenvalue weighted by Gasteiger charge is 1.94. The first-order valence-electron chi connectivity index (χ1n) is 5.89. The summed E-state index contributed by atoms with van der Waals surface area (Å²) in [5.41, 5.74) is 2.83. The zero-order valence-corrected chi connectivity index (χ0v) is 11.5. The van der Waals surface area contributed by atoms with Crippen LogP contribution in [-0.4, -0.2) is 25.5 Å². The smallest absolute Gasteiger partial charge is 0.00248 e. The molecular formula is C14H24ClN. The second-order valence-electron chi connectivity index (χ2n) is 4.60. The van der Waals surface area contributed by atoms with E-state index in [4.69, 9.17) is 0 Å². The number of aryl methyl sites for hydroxylation is 2. The van der Waals surface area contributed by atoms with Gasteiger partial charge in [-0.1, -0.05) is 36.2 Å². The van der Waals surface area contributed by atoms with Gasteiger partial charge in [-0.2, -0.15) is 0 Å². The van der Waals surface area contributed by atoms with Crippen LogP contribution in [0.3, 0.4) is 0 Å². The lowest BCUT2D eigenvalue weighted by Crippen LogP contribution is -2.12. The average molecular weight is 242 g/mol. The van der Waals surface area contributed by atoms with Crippen LogP contribution in [0, 0.1) is 6.92 Å². The largest absolute Gasteiger partial charge is 0.309 e. The van der Waals surface area contributed by atoms with E-state index in [0.717, 1.165) is 0 Å². The summed E-state index contributed by atoms with van der Waals surface area (Å²) in [5, 5.41) is 0. The van der Waals surface area contributed by atoms with Crippen molar-refractivity contribution in [1.82, 2.24) is 4.90 Å². The van der Waals surface area contributed by atoms with Crippen molar-refractivity contribution in [1.29, 1.82) is 0 Å². The summed E-state index contributed by atoms with van der Waals surface area (Å²) in [4.78, 5) is 2.26. The fraction of sp³-hybridized carbons (Fsp3) is 0.571. The highest BCUT2D eigenvalue weighted by molar-refractivity contribution is 5.85. The van der Waals surface area contributed by atoms with Gasteiger partial charge in [0.05, 0.1) is 0 Å². The predicted octanol–water partition coefficient (Wildman–Crippen LogP) is 3.69. The first-order valence-corrected chi connectivity index (χ1v) is 5.89. The van der Waals surface area contributed by atoms with Crippen LogP contribution in [0.25, 0.3) is 0 Å². The van der Waals surface area contributed by atoms with Crippen LogP contribution < -0.4 is 0 Å². The second kappa shape index (κ2) is 8.60. The average Bonchev–Trinajstić information content (AvgIpc) is 2.20. The summed E-state index contributed by atoms with van der Waals surface area (Å²) >= 11 is 0. The zero-order valence-electron chi connectivity index (χ0n) is 10.7. The molecule has 0 spiro atoms. The Labute approximate surface area is 106 Å². The van der Waals surface area contributed by atoms with Gasteiger partial charge in [-0.05, 0) is 52.4 Å². The van der Waals surface area contributed by atoms with E-state index in [1.165, 1.54) is 43.4 Å². The number of hydrogen-bond acceptors (Lipinski definition) is 1. The van der Waals surface area contributed by atoms with E-state index in [9.17, 15) is 0 Å². The topological polar surface area (TPSA) is 3.24 Å². The van der Waals surface area contributed by atoms with Crippen LogP contribution >= 0.6 is 12.4 Å². The van der Waals surface area contributed by atoms with Gasteiger partial charge in [-0.3, -0.25) is 0 Å². The third-order valence-electron chi connectivity index (χ3n) is 2.69. The standard InChI is InChI=1S/C14H23N.ClH/c1-13-8-10-14(11-9-13)7-5-4-6-12-15(2)3;/h8-11H,4-7,12H2,1-3H3;1H. The number of unbranched alkanes of at least 4 members (excludes halogenated alkanes) is 2. The van der Waals surface area contributed by atoms with E-state index in [2.05, 4.69) is 50.2 Å². The van der Waals surface area contributed by atoms with Crippen molar-refractivity contribution >= 4 is 12.4 Å². The molecule has 0 saturated heterocycles. The first-order chi connectivity index (χ1) is 7.18. The Hall–Kier alpha value is -0.530. The summed E-state index contributed by atoms with van der Waals surface area (Å²) in [5.74, 6) is 0. The minimum atomic E-state index is 0. The Morgan fingerprint density at radius 1 is 0.938 bits per heavy atom. The molecule has 0 aliphatic rings. The molecule has 2 heteroatoms. The van der Waals surface area contributed by atoms with Gasteiger partial charge in [0.25, 0.3) is 0 Å². The number of nitrogens with zero attached hydrogens (tertiary/aromatic N) is 1. The Kier molecular flexibility index (Phi) is 8.32. The molecular weight excluding hydrogens is 218 g/mol. The lowest BCUT2D eigenvalue weighted by Gasteiger charge is -2.08. The Balaban J connectivity index is 0.00000225. The Bertz CT molecular complexity index is 267. The van der Waals surface area contributed by atoms with Crippen LogP contribution in [0.4, 0.5) is 0 Å². The van der Waals surface area contributed by atoms with Crippen molar-refractivity contribution in [3.8, 4) is 0 Å². The lowest BCUT2D eigenvalue weighted by molar-refractivity contribution is 0.391. The number of halogens is 1. The van der Waals surface area contributed by atoms with Crippen LogP contribution in [0.5, 0.6) is 0 Å². The lowest BCUT2D eigenvalue weighted by atomic mass is 10.1. The maximum Gasteiger partial charge on any atom is -0.00248 e. The van der Waals surface area contributed by atoms with Gasteiger partial charge in [-0.15, -0.1) is 12.4 Å². The van der Waals surface area contributed by atoms with Gasteiger partial charge in [0, 0.05) is 0 Å². The third kappa shape index (κ3) is 6.86. The van der Waals surface area contributed by atoms with Crippen molar-refractivity contribution in [2.75, 3.05) is 20.6 Å². The molecule has 92 valence electrons. The van der Waals surface area contributed by atoms with Gasteiger partial charge in [0.1, 0.15) is 0 Å². The maximum absolute atomic E-state index is 2.26. The van der Waals surface area contributed by atoms with E-state index in [1.54, 1.807) is 0 Å². The van der Waals surface area contributed by atoms with Crippen molar-refractivity contribution in [2.24, 2.45) is 0 Å². The zero-order chi connectivity index (χ0) is 11.1. The van der Waals surface area contributed by atoms with Crippen molar-refractivity contribution in [3.05, 3.63) is 35.4 Å². The fourth-order valence-electron chi connectivity index (χ4n) is 1.69. The van der Waals surface area contributed by atoms with Gasteiger partial charge in [0.15, 0.2) is 0 Å². The minimum absolute atomic E-state index is 0. The molecule has 0 amide bonds. The Morgan fingerprint density at radius 3 is 2.12 bits per heavy atom. The molecule has 0 fully saturated rings. The molecule has 0 aliphatic heterocycles. The molecule has 1 rings (SSSR count). The molecule has 1 aromatic carbocycles. The first kappa shape index (κ1) is 15.5. The molecule has 0 bridgehead atoms. The van der Waals surface area contributed by atoms with E-state index in [1.807, 2.05) is 0 Å². The van der Waals surface area contributed by atoms with Crippen LogP contribution in [0.15, 0.2) is 24.3 Å². The molecule has 0 atom stereocenters. The summed E-state index contributed by atoms with van der Waals surface area (Å²) in [6, 6.07) is 8.91. The van der Waals surface area contributed by atoms with Gasteiger partial charge >= 0.3 is 0 Å². The van der Waals surface area contributed by atoms with Crippen molar-refractivity contribution in [3.63, 3.8) is 0 Å². The Morgan fingerprint density at radius 2 is 1.56 bits per heavy atom. The maximum atomic E-state index is 2.26. The van der Waals surface area contributed by atoms with Gasteiger partial charge in [-0.25, -0.2) is 0 Å². The van der Waals surface area contributed by atoms with E-state index in [0.29, 0.717) is 0 Å². The quantitative estimate of drug-likeness (QED) is 0.687. The molecule has 1 aromatic rings. The predicted molar refractivity (Wildman–Crippen MR) is 74.5 cm³/mol. The molecule has 16 heavy (non-hydrogen) atoms. The highest BCUT2D eigenvalue weighted by Crippen LogP contribution is 2.08. The molecule has 0 saturated carbocycles. The summed E-state index contributed by atoms with van der Waals surface area (Å²) in [6.07, 6.45) is 5.20. The molecule has 0 unspecified atom stereocenters. The van der Waals surface area contributed by atoms with Gasteiger partial charge in [0.2, 0.25) is 0 Å². The van der Waals surface area contributed by atoms with Crippen molar-refractivity contribution in [2.45, 2.75) is 32.6 Å². The van der Waals surface area contributed by atoms with E-state index in [-0.39, 0.29) is 12.4 Å². The number of rotatable bonds is 6. The second-order valence-corrected chi connectivity index (χ2v) is 4.60. The molecule has 0 heterocycles. The van der Waals surface area contributed by atoms with Crippen LogP contribution in [0.1, 0.15) is 30.4 Å². The van der Waals surface area contributed by atoms with Crippen LogP contribution in [0.2, 0.25) is 0 Å². The van der Waals surface area contributed by atoms with Gasteiger partial charge < -0.3 is 4.90 Å². The number of benzene rings is 1. The molecule has 1 nitrogen and oxygen atoms in total. The molecule has 0 N–H and O–H groups in total.